The number of carbonyl (C=O) groups is 3. The Balaban J connectivity index is 1.77. The molecule has 3 fully saturated rings. The Hall–Kier alpha value is -3.17. The Kier molecular flexibility index (Phi) is 10.9. The topological polar surface area (TPSA) is 99.6 Å². The van der Waals surface area contributed by atoms with Crippen LogP contribution >= 0.6 is 0 Å². The summed E-state index contributed by atoms with van der Waals surface area (Å²) < 4.78 is 12.7. The van der Waals surface area contributed by atoms with Gasteiger partial charge in [-0.05, 0) is 82.6 Å². The van der Waals surface area contributed by atoms with Crippen LogP contribution in [0.5, 0.6) is 0 Å². The van der Waals surface area contributed by atoms with Crippen molar-refractivity contribution in [3.8, 4) is 0 Å². The molecular weight excluding hydrogens is 570 g/mol. The van der Waals surface area contributed by atoms with Crippen LogP contribution in [0.2, 0.25) is 0 Å². The fourth-order valence-corrected chi connectivity index (χ4v) is 7.98. The molecule has 2 amide bonds. The first-order valence-electron chi connectivity index (χ1n) is 16.6. The largest absolute Gasteiger partial charge is 0.465 e. The number of unbranched alkanes of at least 4 members (excludes halogenated alkanes) is 2. The van der Waals surface area contributed by atoms with Crippen molar-refractivity contribution in [2.24, 2.45) is 23.7 Å². The summed E-state index contributed by atoms with van der Waals surface area (Å²) in [5, 5.41) is 10.6. The van der Waals surface area contributed by atoms with E-state index in [4.69, 9.17) is 9.47 Å². The molecule has 1 N–H and O–H groups in total. The molecule has 0 saturated carbocycles. The summed E-state index contributed by atoms with van der Waals surface area (Å²) >= 11 is 0. The van der Waals surface area contributed by atoms with Gasteiger partial charge in [0, 0.05) is 31.0 Å². The number of allylic oxidation sites excluding steroid dienone is 1. The van der Waals surface area contributed by atoms with Gasteiger partial charge < -0.3 is 29.3 Å². The van der Waals surface area contributed by atoms with E-state index in [0.717, 1.165) is 31.6 Å². The second-order valence-corrected chi connectivity index (χ2v) is 13.3. The highest BCUT2D eigenvalue weighted by Crippen LogP contribution is 2.66. The molecule has 3 aliphatic rings. The summed E-state index contributed by atoms with van der Waals surface area (Å²) in [6, 6.07) is 6.16. The molecule has 1 spiro atoms. The van der Waals surface area contributed by atoms with Gasteiger partial charge in [-0.2, -0.15) is 0 Å². The van der Waals surface area contributed by atoms with Gasteiger partial charge in [-0.15, -0.1) is 13.2 Å². The van der Waals surface area contributed by atoms with Gasteiger partial charge in [0.05, 0.1) is 30.8 Å². The molecule has 248 valence electrons. The van der Waals surface area contributed by atoms with Crippen LogP contribution in [0.1, 0.15) is 67.2 Å². The fourth-order valence-electron chi connectivity index (χ4n) is 7.98. The second-order valence-electron chi connectivity index (χ2n) is 13.3. The Labute approximate surface area is 269 Å². The summed E-state index contributed by atoms with van der Waals surface area (Å²) in [5.74, 6) is -3.11. The second kappa shape index (κ2) is 14.1. The molecule has 3 aliphatic heterocycles. The maximum Gasteiger partial charge on any atom is 0.312 e. The zero-order valence-electron chi connectivity index (χ0n) is 28.0. The lowest BCUT2D eigenvalue weighted by Gasteiger charge is -2.40. The predicted octanol–water partition coefficient (Wildman–Crippen LogP) is 4.98. The molecule has 0 aromatic heterocycles. The molecule has 1 aromatic carbocycles. The van der Waals surface area contributed by atoms with Crippen LogP contribution in [0.15, 0.2) is 49.6 Å². The highest BCUT2D eigenvalue weighted by atomic mass is 16.6. The first kappa shape index (κ1) is 34.7. The van der Waals surface area contributed by atoms with Crippen LogP contribution in [-0.4, -0.2) is 83.9 Å². The number of carbonyl (C=O) groups excluding carboxylic acids is 3. The van der Waals surface area contributed by atoms with Crippen LogP contribution in [0.3, 0.4) is 0 Å². The molecule has 9 heteroatoms. The number of rotatable bonds is 16. The summed E-state index contributed by atoms with van der Waals surface area (Å²) in [6.07, 6.45) is 6.32. The minimum absolute atomic E-state index is 0.108. The predicted molar refractivity (Wildman–Crippen MR) is 177 cm³/mol. The average Bonchev–Trinajstić information content (AvgIpc) is 3.53. The molecule has 3 saturated heterocycles. The summed E-state index contributed by atoms with van der Waals surface area (Å²) in [4.78, 5) is 48.7. The van der Waals surface area contributed by atoms with E-state index in [1.807, 2.05) is 58.0 Å². The van der Waals surface area contributed by atoms with Gasteiger partial charge in [-0.25, -0.2) is 0 Å². The first-order valence-corrected chi connectivity index (χ1v) is 16.6. The smallest absolute Gasteiger partial charge is 0.312 e. The molecule has 9 nitrogen and oxygen atoms in total. The van der Waals surface area contributed by atoms with E-state index < -0.39 is 41.1 Å². The lowest BCUT2D eigenvalue weighted by atomic mass is 9.62. The molecular formula is C36H53N3O6. The molecule has 3 unspecified atom stereocenters. The van der Waals surface area contributed by atoms with E-state index in [0.29, 0.717) is 18.5 Å². The summed E-state index contributed by atoms with van der Waals surface area (Å²) in [5.41, 5.74) is -0.478. The van der Waals surface area contributed by atoms with E-state index in [1.54, 1.807) is 15.9 Å². The van der Waals surface area contributed by atoms with Gasteiger partial charge in [0.1, 0.15) is 17.6 Å². The highest BCUT2D eigenvalue weighted by Gasteiger charge is 2.81. The zero-order valence-corrected chi connectivity index (χ0v) is 28.0. The quantitative estimate of drug-likeness (QED) is 0.158. The molecule has 1 aromatic rings. The normalized spacial score (nSPS) is 29.1. The van der Waals surface area contributed by atoms with Crippen LogP contribution in [-0.2, 0) is 23.9 Å². The summed E-state index contributed by atoms with van der Waals surface area (Å²) in [7, 11) is 0. The van der Waals surface area contributed by atoms with Gasteiger partial charge in [0.15, 0.2) is 0 Å². The third-order valence-electron chi connectivity index (χ3n) is 10.5. The molecule has 3 heterocycles. The van der Waals surface area contributed by atoms with E-state index in [9.17, 15) is 19.5 Å². The van der Waals surface area contributed by atoms with Crippen molar-refractivity contribution in [3.63, 3.8) is 0 Å². The van der Waals surface area contributed by atoms with E-state index in [1.165, 1.54) is 0 Å². The minimum atomic E-state index is -1.24. The van der Waals surface area contributed by atoms with Crippen LogP contribution < -0.4 is 9.80 Å². The van der Waals surface area contributed by atoms with E-state index >= 15 is 0 Å². The van der Waals surface area contributed by atoms with Crippen LogP contribution in [0.4, 0.5) is 11.4 Å². The van der Waals surface area contributed by atoms with Crippen molar-refractivity contribution in [3.05, 3.63) is 49.6 Å². The monoisotopic (exact) mass is 623 g/mol. The van der Waals surface area contributed by atoms with Gasteiger partial charge in [-0.1, -0.05) is 32.9 Å². The van der Waals surface area contributed by atoms with Crippen molar-refractivity contribution in [2.45, 2.75) is 90.5 Å². The first-order chi connectivity index (χ1) is 21.5. The maximum atomic E-state index is 14.9. The van der Waals surface area contributed by atoms with Gasteiger partial charge in [0.2, 0.25) is 5.91 Å². The third kappa shape index (κ3) is 5.94. The number of nitrogens with zero attached hydrogens (tertiary/aromatic N) is 3. The van der Waals surface area contributed by atoms with Crippen molar-refractivity contribution >= 4 is 29.2 Å². The van der Waals surface area contributed by atoms with Crippen molar-refractivity contribution in [1.82, 2.24) is 4.90 Å². The number of anilines is 2. The van der Waals surface area contributed by atoms with Crippen LogP contribution in [0, 0.1) is 23.7 Å². The Morgan fingerprint density at radius 3 is 2.33 bits per heavy atom. The molecule has 7 atom stereocenters. The number of benzene rings is 1. The lowest BCUT2D eigenvalue weighted by molar-refractivity contribution is -0.163. The third-order valence-corrected chi connectivity index (χ3v) is 10.5. The Morgan fingerprint density at radius 1 is 1.13 bits per heavy atom. The molecule has 4 rings (SSSR count). The van der Waals surface area contributed by atoms with Crippen LogP contribution in [0.25, 0.3) is 0 Å². The SMILES string of the molecule is C=CCCCCOC(=O)[C@@H]1[C@H]2C(=O)N([C@@H](CO)C(C)C)C(C(=O)N(CC=C)c3ccc(N(CC)CC)cc3)C23CC(C)[C@@]1(C)O3. The number of likely N-dealkylation sites (tertiary alicyclic amines) is 1. The van der Waals surface area contributed by atoms with Crippen molar-refractivity contribution in [2.75, 3.05) is 42.6 Å². The van der Waals surface area contributed by atoms with E-state index in [2.05, 4.69) is 31.9 Å². The Bertz CT molecular complexity index is 1250. The molecule has 45 heavy (non-hydrogen) atoms. The number of fused-ring (bicyclic) bond motifs is 1. The number of hydrogen-bond donors (Lipinski definition) is 1. The number of amides is 2. The van der Waals surface area contributed by atoms with Gasteiger partial charge in [0.25, 0.3) is 5.91 Å². The molecule has 2 bridgehead atoms. The number of aliphatic hydroxyl groups is 1. The maximum absolute atomic E-state index is 14.9. The summed E-state index contributed by atoms with van der Waals surface area (Å²) in [6.45, 7) is 21.5. The number of ether oxygens (including phenoxy) is 2. The highest BCUT2D eigenvalue weighted by molar-refractivity contribution is 6.05. The number of hydrogen-bond acceptors (Lipinski definition) is 7. The van der Waals surface area contributed by atoms with E-state index in [-0.39, 0.29) is 43.4 Å². The molecule has 0 aliphatic carbocycles. The minimum Gasteiger partial charge on any atom is -0.465 e. The zero-order chi connectivity index (χ0) is 33.1. The molecule has 0 radical (unpaired) electrons. The van der Waals surface area contributed by atoms with Gasteiger partial charge in [-0.3, -0.25) is 14.4 Å². The van der Waals surface area contributed by atoms with Gasteiger partial charge >= 0.3 is 5.97 Å². The number of esters is 1. The fraction of sp³-hybridized carbons (Fsp3) is 0.639. The number of aliphatic hydroxyl groups excluding tert-OH is 1. The average molecular weight is 624 g/mol. The van der Waals surface area contributed by atoms with Crippen molar-refractivity contribution in [1.29, 1.82) is 0 Å². The standard InChI is InChI=1S/C36H53N3O6/c1-9-13-14-15-21-44-34(43)30-29-32(41)39(28(23-40)24(5)6)31(36(29)22-25(7)35(30,8)45-36)33(42)38(20-10-2)27-18-16-26(17-19-27)37(11-3)12-4/h9-10,16-19,24-25,28-31,40H,1-2,11-15,20-23H2,3-8H3/t25?,28-,29-,30-,31?,35+,36?/m0/s1. The Morgan fingerprint density at radius 2 is 1.78 bits per heavy atom. The lowest BCUT2D eigenvalue weighted by Crippen LogP contribution is -2.60. The van der Waals surface area contributed by atoms with Crippen molar-refractivity contribution < 1.29 is 29.0 Å².